The van der Waals surface area contributed by atoms with E-state index in [-0.39, 0.29) is 0 Å². The van der Waals surface area contributed by atoms with E-state index in [1.165, 1.54) is 6.39 Å². The molecule has 0 spiro atoms. The number of methoxy groups -OCH3 is 1. The molecule has 1 heterocycles. The number of para-hydroxylation sites is 1. The summed E-state index contributed by atoms with van der Waals surface area (Å²) in [5.41, 5.74) is 3.03. The van der Waals surface area contributed by atoms with Gasteiger partial charge in [-0.1, -0.05) is 18.2 Å². The summed E-state index contributed by atoms with van der Waals surface area (Å²) in [6.45, 7) is 0.698. The van der Waals surface area contributed by atoms with E-state index in [1.54, 1.807) is 7.11 Å². The van der Waals surface area contributed by atoms with Crippen LogP contribution in [0.15, 0.2) is 59.3 Å². The van der Waals surface area contributed by atoms with Gasteiger partial charge in [0.2, 0.25) is 12.3 Å². The largest absolute Gasteiger partial charge is 0.496 e. The molecule has 0 saturated heterocycles. The molecule has 0 atom stereocenters. The maximum absolute atomic E-state index is 5.33. The van der Waals surface area contributed by atoms with Gasteiger partial charge in [0.25, 0.3) is 0 Å². The fourth-order valence-electron chi connectivity index (χ4n) is 2.08. The SMILES string of the molecule is COc1ccccc1CNc1ccc(-c2nnco2)cc1. The number of nitrogens with zero attached hydrogens (tertiary/aromatic N) is 2. The summed E-state index contributed by atoms with van der Waals surface area (Å²) in [7, 11) is 1.68. The number of hydrogen-bond acceptors (Lipinski definition) is 5. The molecule has 1 aromatic heterocycles. The maximum Gasteiger partial charge on any atom is 0.247 e. The molecule has 3 aromatic rings. The Bertz CT molecular complexity index is 694. The van der Waals surface area contributed by atoms with Crippen LogP contribution in [-0.2, 0) is 6.54 Å². The minimum atomic E-state index is 0.520. The first-order valence-corrected chi connectivity index (χ1v) is 6.59. The van der Waals surface area contributed by atoms with E-state index in [1.807, 2.05) is 48.5 Å². The molecule has 5 heteroatoms. The molecule has 3 rings (SSSR count). The molecule has 0 radical (unpaired) electrons. The van der Waals surface area contributed by atoms with E-state index in [0.29, 0.717) is 12.4 Å². The first-order valence-electron chi connectivity index (χ1n) is 6.59. The number of aromatic nitrogens is 2. The van der Waals surface area contributed by atoms with Crippen LogP contribution in [0.4, 0.5) is 5.69 Å². The minimum Gasteiger partial charge on any atom is -0.496 e. The van der Waals surface area contributed by atoms with Crippen molar-refractivity contribution in [3.05, 3.63) is 60.5 Å². The summed E-state index contributed by atoms with van der Waals surface area (Å²) in [4.78, 5) is 0. The monoisotopic (exact) mass is 281 g/mol. The molecule has 0 aliphatic carbocycles. The fraction of sp³-hybridized carbons (Fsp3) is 0.125. The lowest BCUT2D eigenvalue weighted by Gasteiger charge is -2.10. The number of benzene rings is 2. The van der Waals surface area contributed by atoms with Gasteiger partial charge in [-0.15, -0.1) is 10.2 Å². The Balaban J connectivity index is 1.68. The van der Waals surface area contributed by atoms with E-state index in [2.05, 4.69) is 15.5 Å². The van der Waals surface area contributed by atoms with Gasteiger partial charge in [0.15, 0.2) is 0 Å². The molecule has 0 aliphatic heterocycles. The zero-order chi connectivity index (χ0) is 14.5. The smallest absolute Gasteiger partial charge is 0.247 e. The average Bonchev–Trinajstić information content (AvgIpc) is 3.08. The molecule has 2 aromatic carbocycles. The molecule has 106 valence electrons. The summed E-state index contributed by atoms with van der Waals surface area (Å²) in [6.07, 6.45) is 1.32. The summed E-state index contributed by atoms with van der Waals surface area (Å²) in [5, 5.41) is 10.9. The third kappa shape index (κ3) is 3.02. The first kappa shape index (κ1) is 13.2. The van der Waals surface area contributed by atoms with E-state index in [9.17, 15) is 0 Å². The minimum absolute atomic E-state index is 0.520. The van der Waals surface area contributed by atoms with Gasteiger partial charge in [0.05, 0.1) is 7.11 Å². The van der Waals surface area contributed by atoms with Crippen molar-refractivity contribution in [2.75, 3.05) is 12.4 Å². The van der Waals surface area contributed by atoms with Crippen LogP contribution in [0.5, 0.6) is 5.75 Å². The normalized spacial score (nSPS) is 10.3. The number of nitrogens with one attached hydrogen (secondary N) is 1. The van der Waals surface area contributed by atoms with Gasteiger partial charge < -0.3 is 14.5 Å². The van der Waals surface area contributed by atoms with Gasteiger partial charge >= 0.3 is 0 Å². The third-order valence-corrected chi connectivity index (χ3v) is 3.17. The summed E-state index contributed by atoms with van der Waals surface area (Å²) < 4.78 is 10.5. The predicted octanol–water partition coefficient (Wildman–Crippen LogP) is 3.36. The van der Waals surface area contributed by atoms with Gasteiger partial charge in [-0.25, -0.2) is 0 Å². The Morgan fingerprint density at radius 2 is 1.90 bits per heavy atom. The quantitative estimate of drug-likeness (QED) is 0.777. The Labute approximate surface area is 122 Å². The van der Waals surface area contributed by atoms with Crippen LogP contribution in [-0.4, -0.2) is 17.3 Å². The lowest BCUT2D eigenvalue weighted by atomic mass is 10.1. The first-order chi connectivity index (χ1) is 10.4. The highest BCUT2D eigenvalue weighted by molar-refractivity contribution is 5.58. The molecule has 0 amide bonds. The standard InChI is InChI=1S/C16H15N3O2/c1-20-15-5-3-2-4-13(15)10-17-14-8-6-12(7-9-14)16-19-18-11-21-16/h2-9,11,17H,10H2,1H3. The predicted molar refractivity (Wildman–Crippen MR) is 80.1 cm³/mol. The van der Waals surface area contributed by atoms with Crippen LogP contribution >= 0.6 is 0 Å². The van der Waals surface area contributed by atoms with E-state index in [0.717, 1.165) is 22.6 Å². The molecule has 0 unspecified atom stereocenters. The van der Waals surface area contributed by atoms with E-state index < -0.39 is 0 Å². The van der Waals surface area contributed by atoms with Crippen molar-refractivity contribution >= 4 is 5.69 Å². The topological polar surface area (TPSA) is 60.2 Å². The number of rotatable bonds is 5. The zero-order valence-corrected chi connectivity index (χ0v) is 11.6. The fourth-order valence-corrected chi connectivity index (χ4v) is 2.08. The highest BCUT2D eigenvalue weighted by Crippen LogP contribution is 2.21. The Morgan fingerprint density at radius 1 is 1.10 bits per heavy atom. The molecular formula is C16H15N3O2. The van der Waals surface area contributed by atoms with Gasteiger partial charge in [-0.2, -0.15) is 0 Å². The highest BCUT2D eigenvalue weighted by Gasteiger charge is 2.04. The van der Waals surface area contributed by atoms with Crippen LogP contribution in [0, 0.1) is 0 Å². The Kier molecular flexibility index (Phi) is 3.82. The molecule has 0 fully saturated rings. The number of ether oxygens (including phenoxy) is 1. The maximum atomic E-state index is 5.33. The van der Waals surface area contributed by atoms with Crippen LogP contribution < -0.4 is 10.1 Å². The van der Waals surface area contributed by atoms with Gasteiger partial charge in [-0.3, -0.25) is 0 Å². The van der Waals surface area contributed by atoms with E-state index >= 15 is 0 Å². The van der Waals surface area contributed by atoms with Crippen LogP contribution in [0.3, 0.4) is 0 Å². The summed E-state index contributed by atoms with van der Waals surface area (Å²) >= 11 is 0. The van der Waals surface area contributed by atoms with Crippen molar-refractivity contribution in [3.63, 3.8) is 0 Å². The van der Waals surface area contributed by atoms with Crippen LogP contribution in [0.2, 0.25) is 0 Å². The number of anilines is 1. The lowest BCUT2D eigenvalue weighted by molar-refractivity contribution is 0.410. The second-order valence-electron chi connectivity index (χ2n) is 4.49. The molecular weight excluding hydrogens is 266 g/mol. The van der Waals surface area contributed by atoms with Gasteiger partial charge in [-0.05, 0) is 30.3 Å². The van der Waals surface area contributed by atoms with Crippen molar-refractivity contribution in [2.24, 2.45) is 0 Å². The van der Waals surface area contributed by atoms with Crippen molar-refractivity contribution in [3.8, 4) is 17.2 Å². The molecule has 21 heavy (non-hydrogen) atoms. The van der Waals surface area contributed by atoms with Crippen molar-refractivity contribution in [2.45, 2.75) is 6.54 Å². The van der Waals surface area contributed by atoms with Crippen LogP contribution in [0.25, 0.3) is 11.5 Å². The third-order valence-electron chi connectivity index (χ3n) is 3.17. The molecule has 5 nitrogen and oxygen atoms in total. The van der Waals surface area contributed by atoms with Gasteiger partial charge in [0, 0.05) is 23.4 Å². The molecule has 0 saturated carbocycles. The molecule has 0 bridgehead atoms. The molecule has 1 N–H and O–H groups in total. The second-order valence-corrected chi connectivity index (χ2v) is 4.49. The van der Waals surface area contributed by atoms with Gasteiger partial charge in [0.1, 0.15) is 5.75 Å². The summed E-state index contributed by atoms with van der Waals surface area (Å²) in [6, 6.07) is 15.8. The number of hydrogen-bond donors (Lipinski definition) is 1. The Morgan fingerprint density at radius 3 is 2.62 bits per heavy atom. The molecule has 0 aliphatic rings. The average molecular weight is 281 g/mol. The van der Waals surface area contributed by atoms with Crippen molar-refractivity contribution < 1.29 is 9.15 Å². The van der Waals surface area contributed by atoms with Crippen molar-refractivity contribution in [1.29, 1.82) is 0 Å². The lowest BCUT2D eigenvalue weighted by Crippen LogP contribution is -2.01. The highest BCUT2D eigenvalue weighted by atomic mass is 16.5. The Hall–Kier alpha value is -2.82. The van der Waals surface area contributed by atoms with E-state index in [4.69, 9.17) is 9.15 Å². The zero-order valence-electron chi connectivity index (χ0n) is 11.6. The van der Waals surface area contributed by atoms with Crippen LogP contribution in [0.1, 0.15) is 5.56 Å². The summed E-state index contributed by atoms with van der Waals surface area (Å²) in [5.74, 6) is 1.40. The second kappa shape index (κ2) is 6.09. The van der Waals surface area contributed by atoms with Crippen molar-refractivity contribution in [1.82, 2.24) is 10.2 Å².